The molecule has 0 bridgehead atoms. The minimum absolute atomic E-state index is 0.659. The highest BCUT2D eigenvalue weighted by Gasteiger charge is 2.61. The van der Waals surface area contributed by atoms with Gasteiger partial charge in [0.15, 0.2) is 0 Å². The number of cyclic esters (lactones) is 2. The number of carbonyl (C=O) groups excluding carboxylic acids is 3. The van der Waals surface area contributed by atoms with Crippen LogP contribution < -0.4 is 0 Å². The van der Waals surface area contributed by atoms with Crippen molar-refractivity contribution in [2.45, 2.75) is 51.5 Å². The molecule has 1 aliphatic heterocycles. The monoisotopic (exact) mass is 289 g/mol. The minimum Gasteiger partial charge on any atom is -0.435 e. The summed E-state index contributed by atoms with van der Waals surface area (Å²) in [6.45, 7) is 4.78. The number of hydrogen-bond acceptors (Lipinski definition) is 8. The molecule has 0 N–H and O–H groups in total. The highest BCUT2D eigenvalue weighted by atomic mass is 16.8. The average Bonchev–Trinajstić information content (AvgIpc) is 2.23. The van der Waals surface area contributed by atoms with Crippen molar-refractivity contribution in [3.8, 4) is 0 Å². The van der Waals surface area contributed by atoms with E-state index in [4.69, 9.17) is 14.2 Å². The maximum Gasteiger partial charge on any atom is 0.366 e. The van der Waals surface area contributed by atoms with Crippen molar-refractivity contribution in [2.24, 2.45) is 0 Å². The Morgan fingerprint density at radius 3 is 2.15 bits per heavy atom. The van der Waals surface area contributed by atoms with Gasteiger partial charge < -0.3 is 14.2 Å². The molecule has 1 atom stereocenters. The summed E-state index contributed by atoms with van der Waals surface area (Å²) in [5.74, 6) is -4.82. The Morgan fingerprint density at radius 2 is 1.80 bits per heavy atom. The number of rotatable bonds is 4. The van der Waals surface area contributed by atoms with Gasteiger partial charge in [0.1, 0.15) is 0 Å². The Kier molecular flexibility index (Phi) is 4.02. The summed E-state index contributed by atoms with van der Waals surface area (Å²) in [5, 5.41) is 10.7. The van der Waals surface area contributed by atoms with Crippen LogP contribution in [0.15, 0.2) is 0 Å². The fourth-order valence-electron chi connectivity index (χ4n) is 1.74. The number of ether oxygens (including phenoxy) is 3. The van der Waals surface area contributed by atoms with E-state index in [-0.39, 0.29) is 0 Å². The van der Waals surface area contributed by atoms with Crippen molar-refractivity contribution in [3.63, 3.8) is 0 Å². The molecular weight excluding hydrogens is 274 g/mol. The first kappa shape index (κ1) is 15.9. The zero-order chi connectivity index (χ0) is 15.7. The normalized spacial score (nSPS) is 21.4. The van der Waals surface area contributed by atoms with E-state index in [0.29, 0.717) is 0 Å². The van der Waals surface area contributed by atoms with E-state index in [1.54, 1.807) is 0 Å². The van der Waals surface area contributed by atoms with Crippen LogP contribution in [-0.4, -0.2) is 40.3 Å². The molecule has 0 amide bonds. The van der Waals surface area contributed by atoms with Crippen LogP contribution in [0.2, 0.25) is 0 Å². The Morgan fingerprint density at radius 1 is 1.35 bits per heavy atom. The van der Waals surface area contributed by atoms with E-state index in [1.807, 2.05) is 0 Å². The van der Waals surface area contributed by atoms with Gasteiger partial charge in [0.05, 0.1) is 6.42 Å². The van der Waals surface area contributed by atoms with Gasteiger partial charge in [-0.15, -0.1) is 0 Å². The SMILES string of the molecule is CC(=O)OC1(C[C@H](C)[N+](=O)[O-])C(=O)OC(C)(C)OC1=O. The van der Waals surface area contributed by atoms with Crippen LogP contribution in [0.3, 0.4) is 0 Å². The number of nitro groups is 1. The van der Waals surface area contributed by atoms with E-state index < -0.39 is 46.7 Å². The Hall–Kier alpha value is -2.19. The van der Waals surface area contributed by atoms with Crippen LogP contribution in [0, 0.1) is 10.1 Å². The van der Waals surface area contributed by atoms with E-state index in [0.717, 1.165) is 6.92 Å². The zero-order valence-corrected chi connectivity index (χ0v) is 11.5. The Labute approximate surface area is 114 Å². The summed E-state index contributed by atoms with van der Waals surface area (Å²) < 4.78 is 14.4. The predicted octanol–water partition coefficient (Wildman–Crippen LogP) is 0.180. The van der Waals surface area contributed by atoms with Crippen LogP contribution in [0.4, 0.5) is 0 Å². The number of carbonyl (C=O) groups is 3. The molecule has 0 spiro atoms. The lowest BCUT2D eigenvalue weighted by molar-refractivity contribution is -0.521. The van der Waals surface area contributed by atoms with Gasteiger partial charge in [-0.05, 0) is 0 Å². The van der Waals surface area contributed by atoms with Gasteiger partial charge in [0.2, 0.25) is 6.04 Å². The molecule has 0 saturated carbocycles. The molecule has 9 nitrogen and oxygen atoms in total. The molecule has 0 aromatic rings. The van der Waals surface area contributed by atoms with Gasteiger partial charge in [0.25, 0.3) is 5.79 Å². The zero-order valence-electron chi connectivity index (χ0n) is 11.5. The molecule has 0 aromatic heterocycles. The van der Waals surface area contributed by atoms with Gasteiger partial charge in [0, 0.05) is 32.6 Å². The maximum absolute atomic E-state index is 12.0. The molecular formula is C11H15NO8. The third kappa shape index (κ3) is 3.03. The smallest absolute Gasteiger partial charge is 0.366 e. The molecule has 0 aromatic carbocycles. The molecule has 1 fully saturated rings. The van der Waals surface area contributed by atoms with Gasteiger partial charge in [-0.1, -0.05) is 0 Å². The van der Waals surface area contributed by atoms with Crippen molar-refractivity contribution >= 4 is 17.9 Å². The molecule has 1 rings (SSSR count). The summed E-state index contributed by atoms with van der Waals surface area (Å²) in [6.07, 6.45) is -0.659. The summed E-state index contributed by atoms with van der Waals surface area (Å²) in [5.41, 5.74) is -2.44. The van der Waals surface area contributed by atoms with Crippen molar-refractivity contribution < 1.29 is 33.5 Å². The van der Waals surface area contributed by atoms with E-state index >= 15 is 0 Å². The first-order valence-corrected chi connectivity index (χ1v) is 5.80. The highest BCUT2D eigenvalue weighted by Crippen LogP contribution is 2.32. The Balaban J connectivity index is 3.17. The highest BCUT2D eigenvalue weighted by molar-refractivity contribution is 6.06. The molecule has 0 aliphatic carbocycles. The van der Waals surface area contributed by atoms with Crippen molar-refractivity contribution in [2.75, 3.05) is 0 Å². The fraction of sp³-hybridized carbons (Fsp3) is 0.727. The second-order valence-electron chi connectivity index (χ2n) is 4.94. The van der Waals surface area contributed by atoms with Crippen molar-refractivity contribution in [1.29, 1.82) is 0 Å². The van der Waals surface area contributed by atoms with Crippen LogP contribution in [0.5, 0.6) is 0 Å². The summed E-state index contributed by atoms with van der Waals surface area (Å²) in [4.78, 5) is 45.1. The van der Waals surface area contributed by atoms with Gasteiger partial charge in [-0.2, -0.15) is 0 Å². The molecule has 1 heterocycles. The summed E-state index contributed by atoms with van der Waals surface area (Å²) in [6, 6.07) is -1.31. The third-order valence-corrected chi connectivity index (χ3v) is 2.60. The standard InChI is InChI=1S/C11H15NO8/c1-6(12(16)17)5-11(18-7(2)13)8(14)19-10(3,4)20-9(11)15/h6H,5H2,1-4H3/t6-/m0/s1. The van der Waals surface area contributed by atoms with Crippen molar-refractivity contribution in [3.05, 3.63) is 10.1 Å². The topological polar surface area (TPSA) is 122 Å². The van der Waals surface area contributed by atoms with Crippen molar-refractivity contribution in [1.82, 2.24) is 0 Å². The summed E-state index contributed by atoms with van der Waals surface area (Å²) >= 11 is 0. The van der Waals surface area contributed by atoms with Crippen LogP contribution in [0.25, 0.3) is 0 Å². The molecule has 20 heavy (non-hydrogen) atoms. The van der Waals surface area contributed by atoms with Gasteiger partial charge in [-0.3, -0.25) is 14.9 Å². The van der Waals surface area contributed by atoms with E-state index in [2.05, 4.69) is 0 Å². The molecule has 0 radical (unpaired) electrons. The lowest BCUT2D eigenvalue weighted by Gasteiger charge is -2.39. The number of hydrogen-bond donors (Lipinski definition) is 0. The Bertz CT molecular complexity index is 449. The molecule has 112 valence electrons. The number of esters is 3. The molecule has 1 aliphatic rings. The van der Waals surface area contributed by atoms with Crippen LogP contribution in [-0.2, 0) is 28.6 Å². The summed E-state index contributed by atoms with van der Waals surface area (Å²) in [7, 11) is 0. The lowest BCUT2D eigenvalue weighted by atomic mass is 9.94. The molecule has 0 unspecified atom stereocenters. The predicted molar refractivity (Wildman–Crippen MR) is 61.8 cm³/mol. The molecule has 1 saturated heterocycles. The molecule has 9 heteroatoms. The van der Waals surface area contributed by atoms with Gasteiger partial charge in [-0.25, -0.2) is 9.59 Å². The van der Waals surface area contributed by atoms with Crippen LogP contribution in [0.1, 0.15) is 34.1 Å². The minimum atomic E-state index is -2.44. The lowest BCUT2D eigenvalue weighted by Crippen LogP contribution is -2.62. The van der Waals surface area contributed by atoms with Gasteiger partial charge >= 0.3 is 23.5 Å². The van der Waals surface area contributed by atoms with E-state index in [1.165, 1.54) is 20.8 Å². The largest absolute Gasteiger partial charge is 0.435 e. The number of nitrogens with zero attached hydrogens (tertiary/aromatic N) is 1. The quantitative estimate of drug-likeness (QED) is 0.311. The third-order valence-electron chi connectivity index (χ3n) is 2.60. The fourth-order valence-corrected chi connectivity index (χ4v) is 1.74. The first-order chi connectivity index (χ1) is 9.00. The first-order valence-electron chi connectivity index (χ1n) is 5.80. The maximum atomic E-state index is 12.0. The second kappa shape index (κ2) is 5.06. The second-order valence-corrected chi connectivity index (χ2v) is 4.94. The van der Waals surface area contributed by atoms with E-state index in [9.17, 15) is 24.5 Å². The average molecular weight is 289 g/mol. The van der Waals surface area contributed by atoms with Crippen LogP contribution >= 0.6 is 0 Å².